The van der Waals surface area contributed by atoms with Crippen molar-refractivity contribution in [2.45, 2.75) is 18.3 Å². The predicted octanol–water partition coefficient (Wildman–Crippen LogP) is -0.625. The Kier molecular flexibility index (Phi) is 5.88. The van der Waals surface area contributed by atoms with Gasteiger partial charge in [0, 0.05) is 0 Å². The van der Waals surface area contributed by atoms with Gasteiger partial charge in [-0.25, -0.2) is 4.79 Å². The number of halogens is 2. The molecule has 0 aliphatic rings. The third-order valence-corrected chi connectivity index (χ3v) is 1.36. The zero-order valence-corrected chi connectivity index (χ0v) is 7.75. The maximum atomic E-state index is 12.5. The first kappa shape index (κ1) is 13.5. The van der Waals surface area contributed by atoms with Crippen molar-refractivity contribution in [2.75, 3.05) is 6.61 Å². The fourth-order valence-corrected chi connectivity index (χ4v) is 0.611. The lowest BCUT2D eigenvalue weighted by atomic mass is 10.4. The molecule has 1 unspecified atom stereocenters. The van der Waals surface area contributed by atoms with E-state index in [1.165, 1.54) is 6.92 Å². The smallest absolute Gasteiger partial charge is 0.415 e. The van der Waals surface area contributed by atoms with Gasteiger partial charge in [0.25, 0.3) is 0 Å². The Hall–Kier alpha value is -0.480. The van der Waals surface area contributed by atoms with Crippen molar-refractivity contribution >= 4 is 18.0 Å². The molecule has 0 saturated heterocycles. The van der Waals surface area contributed by atoms with Crippen molar-refractivity contribution in [3.63, 3.8) is 0 Å². The van der Waals surface area contributed by atoms with Crippen LogP contribution < -0.4 is 5.26 Å². The van der Waals surface area contributed by atoms with Crippen LogP contribution in [0.15, 0.2) is 0 Å². The zero-order chi connectivity index (χ0) is 11.2. The van der Waals surface area contributed by atoms with Crippen LogP contribution in [0.25, 0.3) is 0 Å². The Morgan fingerprint density at radius 3 is 2.71 bits per heavy atom. The summed E-state index contributed by atoms with van der Waals surface area (Å²) in [4.78, 5) is 10.5. The van der Waals surface area contributed by atoms with Gasteiger partial charge < -0.3 is 15.1 Å². The van der Waals surface area contributed by atoms with Gasteiger partial charge in [-0.2, -0.15) is 13.1 Å². The highest BCUT2D eigenvalue weighted by atomic mass is 32.2. The average Bonchev–Trinajstić information content (AvgIpc) is 2.10. The summed E-state index contributed by atoms with van der Waals surface area (Å²) in [6, 6.07) is 0. The molecular formula is C5H7F2O6S-. The van der Waals surface area contributed by atoms with E-state index in [1.54, 1.807) is 0 Å². The van der Waals surface area contributed by atoms with Crippen LogP contribution in [0.2, 0.25) is 0 Å². The summed E-state index contributed by atoms with van der Waals surface area (Å²) < 4.78 is 32.3. The molecule has 9 heteroatoms. The molecule has 0 saturated carbocycles. The first-order valence-corrected chi connectivity index (χ1v) is 4.01. The molecule has 6 nitrogen and oxygen atoms in total. The van der Waals surface area contributed by atoms with Crippen LogP contribution in [0.5, 0.6) is 0 Å². The van der Waals surface area contributed by atoms with Crippen LogP contribution in [0.4, 0.5) is 8.78 Å². The Morgan fingerprint density at radius 1 is 1.71 bits per heavy atom. The van der Waals surface area contributed by atoms with Gasteiger partial charge in [-0.15, -0.1) is 0 Å². The van der Waals surface area contributed by atoms with Crippen LogP contribution in [-0.2, 0) is 18.9 Å². The third-order valence-electron chi connectivity index (χ3n) is 0.860. The molecule has 84 valence electrons. The van der Waals surface area contributed by atoms with E-state index in [0.29, 0.717) is 0 Å². The SMILES string of the molecule is CC(O)COC(=O)C(F)(F)SOO[O-]. The molecule has 0 radical (unpaired) electrons. The zero-order valence-electron chi connectivity index (χ0n) is 6.94. The van der Waals surface area contributed by atoms with Crippen LogP contribution in [0.1, 0.15) is 6.92 Å². The Morgan fingerprint density at radius 2 is 2.29 bits per heavy atom. The quantitative estimate of drug-likeness (QED) is 0.283. The number of aliphatic hydroxyl groups excluding tert-OH is 1. The number of rotatable bonds is 6. The van der Waals surface area contributed by atoms with E-state index < -0.39 is 36.0 Å². The summed E-state index contributed by atoms with van der Waals surface area (Å²) in [5.41, 5.74) is 0. The van der Waals surface area contributed by atoms with Crippen molar-refractivity contribution in [2.24, 2.45) is 0 Å². The van der Waals surface area contributed by atoms with Gasteiger partial charge in [-0.05, 0) is 6.92 Å². The highest BCUT2D eigenvalue weighted by Gasteiger charge is 2.43. The number of hydrogen-bond acceptors (Lipinski definition) is 7. The minimum Gasteiger partial charge on any atom is -0.691 e. The van der Waals surface area contributed by atoms with E-state index in [0.717, 1.165) is 0 Å². The molecule has 1 N–H and O–H groups in total. The van der Waals surface area contributed by atoms with Gasteiger partial charge in [0.2, 0.25) is 0 Å². The lowest BCUT2D eigenvalue weighted by Gasteiger charge is -2.14. The molecule has 0 bridgehead atoms. The standard InChI is InChI=1S/C5H8F2O6S/c1-3(8)2-11-4(9)5(6,7)14-13-12-10/h3,8,10H,2H2,1H3/p-1. The van der Waals surface area contributed by atoms with Crippen LogP contribution in [0.3, 0.4) is 0 Å². The van der Waals surface area contributed by atoms with Crippen LogP contribution >= 0.6 is 12.0 Å². The molecular weight excluding hydrogens is 226 g/mol. The van der Waals surface area contributed by atoms with E-state index in [9.17, 15) is 18.8 Å². The molecule has 0 aromatic carbocycles. The number of alkyl halides is 2. The second-order valence-electron chi connectivity index (χ2n) is 2.18. The second-order valence-corrected chi connectivity index (χ2v) is 3.00. The molecule has 0 spiro atoms. The number of carbonyl (C=O) groups is 1. The van der Waals surface area contributed by atoms with E-state index in [2.05, 4.69) is 14.1 Å². The van der Waals surface area contributed by atoms with Gasteiger partial charge in [-0.1, -0.05) is 0 Å². The minimum atomic E-state index is -4.06. The summed E-state index contributed by atoms with van der Waals surface area (Å²) in [6.45, 7) is 0.670. The maximum absolute atomic E-state index is 12.5. The number of ether oxygens (including phenoxy) is 1. The topological polar surface area (TPSA) is 88.1 Å². The monoisotopic (exact) mass is 233 g/mol. The molecule has 0 amide bonds. The van der Waals surface area contributed by atoms with E-state index in [-0.39, 0.29) is 0 Å². The lowest BCUT2D eigenvalue weighted by molar-refractivity contribution is -0.777. The van der Waals surface area contributed by atoms with Crippen molar-refractivity contribution in [1.82, 2.24) is 0 Å². The highest BCUT2D eigenvalue weighted by molar-refractivity contribution is 7.96. The fraction of sp³-hybridized carbons (Fsp3) is 0.800. The lowest BCUT2D eigenvalue weighted by Crippen LogP contribution is -2.30. The van der Waals surface area contributed by atoms with Crippen molar-refractivity contribution in [3.8, 4) is 0 Å². The summed E-state index contributed by atoms with van der Waals surface area (Å²) in [7, 11) is 0. The average molecular weight is 233 g/mol. The van der Waals surface area contributed by atoms with Crippen molar-refractivity contribution < 1.29 is 38.0 Å². The van der Waals surface area contributed by atoms with E-state index in [4.69, 9.17) is 5.11 Å². The first-order valence-electron chi connectivity index (χ1n) is 3.27. The molecule has 0 rings (SSSR count). The van der Waals surface area contributed by atoms with Crippen molar-refractivity contribution in [3.05, 3.63) is 0 Å². The first-order chi connectivity index (χ1) is 6.40. The molecule has 0 aromatic rings. The molecule has 0 aliphatic heterocycles. The molecule has 0 fully saturated rings. The molecule has 14 heavy (non-hydrogen) atoms. The number of carbonyl (C=O) groups excluding carboxylic acids is 1. The summed E-state index contributed by atoms with van der Waals surface area (Å²) in [5.74, 6) is -1.93. The van der Waals surface area contributed by atoms with Gasteiger partial charge in [0.05, 0.1) is 6.10 Å². The number of esters is 1. The van der Waals surface area contributed by atoms with Gasteiger partial charge in [-0.3, -0.25) is 5.04 Å². The molecule has 0 aliphatic carbocycles. The van der Waals surface area contributed by atoms with Crippen LogP contribution in [0, 0.1) is 0 Å². The van der Waals surface area contributed by atoms with Crippen molar-refractivity contribution in [1.29, 1.82) is 0 Å². The summed E-state index contributed by atoms with van der Waals surface area (Å²) in [5, 5.41) is 16.4. The maximum Gasteiger partial charge on any atom is 0.415 e. The summed E-state index contributed by atoms with van der Waals surface area (Å²) >= 11 is -0.786. The number of hydrogen-bond donors (Lipinski definition) is 1. The summed E-state index contributed by atoms with van der Waals surface area (Å²) in [6.07, 6.45) is -1.06. The van der Waals surface area contributed by atoms with E-state index >= 15 is 0 Å². The van der Waals surface area contributed by atoms with Crippen LogP contribution in [-0.4, -0.2) is 29.0 Å². The molecule has 0 aromatic heterocycles. The third kappa shape index (κ3) is 5.29. The second kappa shape index (κ2) is 6.09. The van der Waals surface area contributed by atoms with Gasteiger partial charge >= 0.3 is 11.2 Å². The Bertz CT molecular complexity index is 187. The predicted molar refractivity (Wildman–Crippen MR) is 37.3 cm³/mol. The van der Waals surface area contributed by atoms with Gasteiger partial charge in [0.1, 0.15) is 18.6 Å². The normalized spacial score (nSPS) is 13.8. The molecule has 1 atom stereocenters. The Balaban J connectivity index is 3.94. The highest BCUT2D eigenvalue weighted by Crippen LogP contribution is 2.30. The fourth-order valence-electron chi connectivity index (χ4n) is 0.371. The largest absolute Gasteiger partial charge is 0.691 e. The number of aliphatic hydroxyl groups is 1. The minimum absolute atomic E-state index is 0.576. The van der Waals surface area contributed by atoms with Gasteiger partial charge in [0.15, 0.2) is 0 Å². The Labute approximate surface area is 81.8 Å². The molecule has 0 heterocycles. The van der Waals surface area contributed by atoms with E-state index in [1.807, 2.05) is 0 Å².